The number of amides is 1. The second-order valence-electron chi connectivity index (χ2n) is 8.90. The molecule has 1 aromatic rings. The van der Waals surface area contributed by atoms with Crippen LogP contribution in [-0.2, 0) is 19.7 Å². The lowest BCUT2D eigenvalue weighted by Crippen LogP contribution is -2.49. The van der Waals surface area contributed by atoms with E-state index >= 15 is 0 Å². The smallest absolute Gasteiger partial charge is 0.251 e. The van der Waals surface area contributed by atoms with Gasteiger partial charge in [0.15, 0.2) is 0 Å². The van der Waals surface area contributed by atoms with Crippen LogP contribution < -0.4 is 5.32 Å². The Morgan fingerprint density at radius 1 is 1.24 bits per heavy atom. The minimum absolute atomic E-state index is 0.107. The molecule has 0 bridgehead atoms. The van der Waals surface area contributed by atoms with Gasteiger partial charge >= 0.3 is 0 Å². The number of nitrogens with zero attached hydrogens (tertiary/aromatic N) is 1. The van der Waals surface area contributed by atoms with Crippen molar-refractivity contribution in [2.75, 3.05) is 40.0 Å². The van der Waals surface area contributed by atoms with Gasteiger partial charge < -0.3 is 19.9 Å². The third-order valence-corrected chi connectivity index (χ3v) is 6.83. The molecule has 6 heteroatoms. The average Bonchev–Trinajstić information content (AvgIpc) is 2.93. The summed E-state index contributed by atoms with van der Waals surface area (Å²) in [6, 6.07) is 10.6. The van der Waals surface area contributed by atoms with Crippen molar-refractivity contribution in [3.8, 4) is 0 Å². The molecule has 1 aliphatic carbocycles. The molecule has 29 heavy (non-hydrogen) atoms. The summed E-state index contributed by atoms with van der Waals surface area (Å²) in [5.41, 5.74) is 0.173. The van der Waals surface area contributed by atoms with E-state index in [4.69, 9.17) is 9.47 Å². The lowest BCUT2D eigenvalue weighted by atomic mass is 9.74. The monoisotopic (exact) mass is 404 g/mol. The number of ether oxygens (including phenoxy) is 2. The largest absolute Gasteiger partial charge is 0.391 e. The SMILES string of the molecule is COC(C)(C)C(=O)NC[C@]1(c2ccccc2)CC[C@@H](O)[C@H](N2CCOCC2)CC1. The summed E-state index contributed by atoms with van der Waals surface area (Å²) in [5.74, 6) is -0.107. The van der Waals surface area contributed by atoms with Gasteiger partial charge in [-0.25, -0.2) is 0 Å². The van der Waals surface area contributed by atoms with Crippen molar-refractivity contribution in [1.29, 1.82) is 0 Å². The van der Waals surface area contributed by atoms with E-state index < -0.39 is 5.60 Å². The molecule has 2 aliphatic rings. The fourth-order valence-corrected chi connectivity index (χ4v) is 4.61. The highest BCUT2D eigenvalue weighted by atomic mass is 16.5. The number of aliphatic hydroxyl groups is 1. The number of benzene rings is 1. The van der Waals surface area contributed by atoms with Gasteiger partial charge in [0.25, 0.3) is 5.91 Å². The zero-order valence-electron chi connectivity index (χ0n) is 18.0. The Kier molecular flexibility index (Phi) is 7.32. The second-order valence-corrected chi connectivity index (χ2v) is 8.90. The minimum Gasteiger partial charge on any atom is -0.391 e. The van der Waals surface area contributed by atoms with Crippen molar-refractivity contribution < 1.29 is 19.4 Å². The molecular formula is C23H36N2O4. The van der Waals surface area contributed by atoms with Crippen molar-refractivity contribution in [2.24, 2.45) is 0 Å². The third-order valence-electron chi connectivity index (χ3n) is 6.83. The Hall–Kier alpha value is -1.47. The van der Waals surface area contributed by atoms with Gasteiger partial charge in [-0.3, -0.25) is 9.69 Å². The highest BCUT2D eigenvalue weighted by molar-refractivity contribution is 5.84. The zero-order valence-corrected chi connectivity index (χ0v) is 18.0. The molecule has 6 nitrogen and oxygen atoms in total. The van der Waals surface area contributed by atoms with E-state index in [-0.39, 0.29) is 23.5 Å². The number of carbonyl (C=O) groups excluding carboxylic acids is 1. The first-order chi connectivity index (χ1) is 13.9. The van der Waals surface area contributed by atoms with E-state index in [2.05, 4.69) is 34.5 Å². The maximum absolute atomic E-state index is 12.7. The van der Waals surface area contributed by atoms with Crippen LogP contribution in [-0.4, -0.2) is 73.6 Å². The quantitative estimate of drug-likeness (QED) is 0.711. The lowest BCUT2D eigenvalue weighted by Gasteiger charge is -2.37. The summed E-state index contributed by atoms with van der Waals surface area (Å²) in [6.07, 6.45) is 3.03. The van der Waals surface area contributed by atoms with Crippen LogP contribution in [0, 0.1) is 0 Å². The van der Waals surface area contributed by atoms with Crippen molar-refractivity contribution in [2.45, 2.75) is 62.7 Å². The normalized spacial score (nSPS) is 29.2. The van der Waals surface area contributed by atoms with Crippen molar-refractivity contribution in [3.63, 3.8) is 0 Å². The predicted octanol–water partition coefficient (Wildman–Crippen LogP) is 2.10. The second kappa shape index (κ2) is 9.56. The Balaban J connectivity index is 1.79. The summed E-state index contributed by atoms with van der Waals surface area (Å²) in [5, 5.41) is 14.1. The minimum atomic E-state index is -0.863. The van der Waals surface area contributed by atoms with Gasteiger partial charge in [-0.05, 0) is 45.1 Å². The van der Waals surface area contributed by atoms with Crippen molar-refractivity contribution in [3.05, 3.63) is 35.9 Å². The first-order valence-electron chi connectivity index (χ1n) is 10.8. The summed E-state index contributed by atoms with van der Waals surface area (Å²) >= 11 is 0. The summed E-state index contributed by atoms with van der Waals surface area (Å²) in [7, 11) is 1.56. The van der Waals surface area contributed by atoms with Crippen LogP contribution in [0.3, 0.4) is 0 Å². The topological polar surface area (TPSA) is 71.0 Å². The molecule has 0 radical (unpaired) electrons. The molecule has 2 fully saturated rings. The van der Waals surface area contributed by atoms with E-state index in [9.17, 15) is 9.90 Å². The van der Waals surface area contributed by atoms with Gasteiger partial charge in [-0.15, -0.1) is 0 Å². The molecule has 162 valence electrons. The first kappa shape index (κ1) is 22.2. The predicted molar refractivity (Wildman–Crippen MR) is 113 cm³/mol. The van der Waals surface area contributed by atoms with Crippen LogP contribution in [0.25, 0.3) is 0 Å². The van der Waals surface area contributed by atoms with E-state index in [0.29, 0.717) is 6.54 Å². The maximum atomic E-state index is 12.7. The van der Waals surface area contributed by atoms with Crippen LogP contribution in [0.4, 0.5) is 0 Å². The number of hydrogen-bond acceptors (Lipinski definition) is 5. The molecule has 1 heterocycles. The first-order valence-corrected chi connectivity index (χ1v) is 10.8. The number of carbonyl (C=O) groups is 1. The van der Waals surface area contributed by atoms with Gasteiger partial charge in [-0.1, -0.05) is 30.3 Å². The molecule has 3 rings (SSSR count). The Bertz CT molecular complexity index is 660. The standard InChI is InChI=1S/C23H36N2O4/c1-22(2,28-3)21(27)24-17-23(18-7-5-4-6-8-18)11-9-19(20(26)10-12-23)25-13-15-29-16-14-25/h4-8,19-20,26H,9-17H2,1-3H3,(H,24,27)/t19-,20-,23-/m1/s1. The van der Waals surface area contributed by atoms with Gasteiger partial charge in [0, 0.05) is 38.2 Å². The van der Waals surface area contributed by atoms with Crippen LogP contribution in [0.2, 0.25) is 0 Å². The zero-order chi connectivity index (χ0) is 20.9. The molecule has 1 amide bonds. The molecule has 1 aliphatic heterocycles. The van der Waals surface area contributed by atoms with E-state index in [1.807, 2.05) is 6.07 Å². The number of rotatable bonds is 6. The Labute approximate surface area is 174 Å². The van der Waals surface area contributed by atoms with Gasteiger partial charge in [0.1, 0.15) is 5.60 Å². The molecule has 3 atom stereocenters. The van der Waals surface area contributed by atoms with Gasteiger partial charge in [0.2, 0.25) is 0 Å². The summed E-state index contributed by atoms with van der Waals surface area (Å²) in [4.78, 5) is 15.0. The molecule has 0 unspecified atom stereocenters. The molecular weight excluding hydrogens is 368 g/mol. The molecule has 1 saturated heterocycles. The van der Waals surface area contributed by atoms with E-state index in [1.165, 1.54) is 5.56 Å². The van der Waals surface area contributed by atoms with Crippen LogP contribution in [0.5, 0.6) is 0 Å². The number of aliphatic hydroxyl groups excluding tert-OH is 1. The number of morpholine rings is 1. The molecule has 2 N–H and O–H groups in total. The third kappa shape index (κ3) is 5.18. The number of methoxy groups -OCH3 is 1. The van der Waals surface area contributed by atoms with E-state index in [0.717, 1.165) is 52.0 Å². The number of hydrogen-bond donors (Lipinski definition) is 2. The molecule has 1 aromatic carbocycles. The molecule has 0 aromatic heterocycles. The maximum Gasteiger partial charge on any atom is 0.251 e. The lowest BCUT2D eigenvalue weighted by molar-refractivity contribution is -0.139. The van der Waals surface area contributed by atoms with Crippen LogP contribution in [0.1, 0.15) is 45.1 Å². The highest BCUT2D eigenvalue weighted by Crippen LogP contribution is 2.39. The molecule has 0 spiro atoms. The van der Waals surface area contributed by atoms with Gasteiger partial charge in [-0.2, -0.15) is 0 Å². The van der Waals surface area contributed by atoms with Crippen LogP contribution in [0.15, 0.2) is 30.3 Å². The fourth-order valence-electron chi connectivity index (χ4n) is 4.61. The van der Waals surface area contributed by atoms with Crippen molar-refractivity contribution in [1.82, 2.24) is 10.2 Å². The van der Waals surface area contributed by atoms with Crippen molar-refractivity contribution >= 4 is 5.91 Å². The fraction of sp³-hybridized carbons (Fsp3) is 0.696. The van der Waals surface area contributed by atoms with E-state index in [1.54, 1.807) is 21.0 Å². The Morgan fingerprint density at radius 3 is 2.55 bits per heavy atom. The van der Waals surface area contributed by atoms with Gasteiger partial charge in [0.05, 0.1) is 19.3 Å². The summed E-state index contributed by atoms with van der Waals surface area (Å²) in [6.45, 7) is 7.32. The number of nitrogens with one attached hydrogen (secondary N) is 1. The average molecular weight is 405 g/mol. The highest BCUT2D eigenvalue weighted by Gasteiger charge is 2.40. The molecule has 1 saturated carbocycles. The summed E-state index contributed by atoms with van der Waals surface area (Å²) < 4.78 is 10.8. The Morgan fingerprint density at radius 2 is 1.90 bits per heavy atom. The van der Waals surface area contributed by atoms with Crippen LogP contribution >= 0.6 is 0 Å².